The highest BCUT2D eigenvalue weighted by Gasteiger charge is 2.08. The molecule has 0 saturated carbocycles. The van der Waals surface area contributed by atoms with E-state index < -0.39 is 0 Å². The van der Waals surface area contributed by atoms with E-state index in [-0.39, 0.29) is 0 Å². The SMILES string of the molecule is CNCC(=Cc1cc2cccc(C)c2nc1Cl)C(C)C. The normalized spacial score (nSPS) is 12.4. The number of hydrogen-bond donors (Lipinski definition) is 1. The van der Waals surface area contributed by atoms with Gasteiger partial charge in [-0.2, -0.15) is 0 Å². The van der Waals surface area contributed by atoms with Gasteiger partial charge in [0.1, 0.15) is 5.15 Å². The fraction of sp³-hybridized carbons (Fsp3) is 0.353. The van der Waals surface area contributed by atoms with Crippen molar-refractivity contribution in [2.45, 2.75) is 20.8 Å². The first-order valence-electron chi connectivity index (χ1n) is 6.94. The molecular formula is C17H21ClN2. The maximum Gasteiger partial charge on any atom is 0.137 e. The number of halogens is 1. The Kier molecular flexibility index (Phi) is 4.79. The molecule has 0 aliphatic rings. The molecule has 2 rings (SSSR count). The first kappa shape index (κ1) is 15.0. The molecule has 0 saturated heterocycles. The summed E-state index contributed by atoms with van der Waals surface area (Å²) in [5.41, 5.74) is 4.44. The van der Waals surface area contributed by atoms with Crippen LogP contribution in [0.15, 0.2) is 29.8 Å². The van der Waals surface area contributed by atoms with Gasteiger partial charge in [0.05, 0.1) is 5.52 Å². The summed E-state index contributed by atoms with van der Waals surface area (Å²) >= 11 is 6.35. The second kappa shape index (κ2) is 6.38. The van der Waals surface area contributed by atoms with Gasteiger partial charge < -0.3 is 5.32 Å². The number of para-hydroxylation sites is 1. The van der Waals surface area contributed by atoms with Crippen LogP contribution < -0.4 is 5.32 Å². The lowest BCUT2D eigenvalue weighted by Gasteiger charge is -2.12. The van der Waals surface area contributed by atoms with Crippen molar-refractivity contribution in [3.8, 4) is 0 Å². The fourth-order valence-electron chi connectivity index (χ4n) is 2.27. The number of hydrogen-bond acceptors (Lipinski definition) is 2. The minimum absolute atomic E-state index is 0.478. The molecule has 0 spiro atoms. The van der Waals surface area contributed by atoms with Gasteiger partial charge in [0.25, 0.3) is 0 Å². The molecule has 2 nitrogen and oxygen atoms in total. The summed E-state index contributed by atoms with van der Waals surface area (Å²) in [5, 5.41) is 4.91. The fourth-order valence-corrected chi connectivity index (χ4v) is 2.46. The van der Waals surface area contributed by atoms with E-state index in [0.29, 0.717) is 11.1 Å². The van der Waals surface area contributed by atoms with Crippen LogP contribution in [0.25, 0.3) is 17.0 Å². The quantitative estimate of drug-likeness (QED) is 0.841. The molecule has 20 heavy (non-hydrogen) atoms. The Bertz CT molecular complexity index is 645. The lowest BCUT2D eigenvalue weighted by molar-refractivity contribution is 0.713. The summed E-state index contributed by atoms with van der Waals surface area (Å²) in [6, 6.07) is 8.31. The van der Waals surface area contributed by atoms with E-state index in [1.165, 1.54) is 5.57 Å². The number of nitrogens with zero attached hydrogens (tertiary/aromatic N) is 1. The predicted octanol–water partition coefficient (Wildman–Crippen LogP) is 4.46. The Morgan fingerprint density at radius 3 is 2.80 bits per heavy atom. The average Bonchev–Trinajstić information content (AvgIpc) is 2.40. The number of likely N-dealkylation sites (N-methyl/N-ethyl adjacent to an activating group) is 1. The van der Waals surface area contributed by atoms with E-state index >= 15 is 0 Å². The smallest absolute Gasteiger partial charge is 0.137 e. The summed E-state index contributed by atoms with van der Waals surface area (Å²) in [4.78, 5) is 4.55. The predicted molar refractivity (Wildman–Crippen MR) is 88.2 cm³/mol. The van der Waals surface area contributed by atoms with Gasteiger partial charge in [-0.15, -0.1) is 0 Å². The van der Waals surface area contributed by atoms with Crippen molar-refractivity contribution in [3.63, 3.8) is 0 Å². The number of aromatic nitrogens is 1. The minimum atomic E-state index is 0.478. The van der Waals surface area contributed by atoms with Crippen LogP contribution in [0.4, 0.5) is 0 Å². The molecule has 2 aromatic rings. The second-order valence-corrected chi connectivity index (χ2v) is 5.78. The topological polar surface area (TPSA) is 24.9 Å². The lowest BCUT2D eigenvalue weighted by atomic mass is 10.00. The van der Waals surface area contributed by atoms with Crippen LogP contribution in [0.1, 0.15) is 25.0 Å². The molecular weight excluding hydrogens is 268 g/mol. The highest BCUT2D eigenvalue weighted by molar-refractivity contribution is 6.31. The highest BCUT2D eigenvalue weighted by Crippen LogP contribution is 2.25. The number of pyridine rings is 1. The first-order chi connectivity index (χ1) is 9.52. The minimum Gasteiger partial charge on any atom is -0.316 e. The zero-order valence-corrected chi connectivity index (χ0v) is 13.3. The number of benzene rings is 1. The summed E-state index contributed by atoms with van der Waals surface area (Å²) in [6.07, 6.45) is 2.15. The molecule has 1 aromatic heterocycles. The number of aryl methyl sites for hydroxylation is 1. The maximum absolute atomic E-state index is 6.35. The Balaban J connectivity index is 2.54. The van der Waals surface area contributed by atoms with Crippen LogP contribution in [0.2, 0.25) is 5.15 Å². The van der Waals surface area contributed by atoms with Crippen LogP contribution in [0, 0.1) is 12.8 Å². The van der Waals surface area contributed by atoms with Gasteiger partial charge in [0, 0.05) is 17.5 Å². The van der Waals surface area contributed by atoms with Crippen LogP contribution >= 0.6 is 11.6 Å². The zero-order valence-electron chi connectivity index (χ0n) is 12.5. The molecule has 0 aliphatic carbocycles. The van der Waals surface area contributed by atoms with Gasteiger partial charge in [0.2, 0.25) is 0 Å². The second-order valence-electron chi connectivity index (χ2n) is 5.42. The molecule has 106 valence electrons. The number of nitrogens with one attached hydrogen (secondary N) is 1. The van der Waals surface area contributed by atoms with Gasteiger partial charge in [-0.3, -0.25) is 0 Å². The van der Waals surface area contributed by atoms with Gasteiger partial charge >= 0.3 is 0 Å². The molecule has 0 aliphatic heterocycles. The third-order valence-corrected chi connectivity index (χ3v) is 3.79. The van der Waals surface area contributed by atoms with E-state index in [9.17, 15) is 0 Å². The lowest BCUT2D eigenvalue weighted by Crippen LogP contribution is -2.13. The third kappa shape index (κ3) is 3.20. The molecule has 1 N–H and O–H groups in total. The Morgan fingerprint density at radius 2 is 2.15 bits per heavy atom. The third-order valence-electron chi connectivity index (χ3n) is 3.49. The Hall–Kier alpha value is -1.38. The van der Waals surface area contributed by atoms with Crippen molar-refractivity contribution in [1.29, 1.82) is 0 Å². The molecule has 0 amide bonds. The van der Waals surface area contributed by atoms with Crippen molar-refractivity contribution >= 4 is 28.6 Å². The zero-order chi connectivity index (χ0) is 14.7. The van der Waals surface area contributed by atoms with Crippen LogP contribution in [0.5, 0.6) is 0 Å². The molecule has 0 atom stereocenters. The summed E-state index contributed by atoms with van der Waals surface area (Å²) < 4.78 is 0. The maximum atomic E-state index is 6.35. The molecule has 0 fully saturated rings. The van der Waals surface area contributed by atoms with E-state index in [4.69, 9.17) is 11.6 Å². The molecule has 1 aromatic carbocycles. The van der Waals surface area contributed by atoms with Crippen LogP contribution in [0.3, 0.4) is 0 Å². The van der Waals surface area contributed by atoms with Crippen molar-refractivity contribution in [2.75, 3.05) is 13.6 Å². The number of fused-ring (bicyclic) bond motifs is 1. The van der Waals surface area contributed by atoms with E-state index in [1.54, 1.807) is 0 Å². The van der Waals surface area contributed by atoms with E-state index in [2.05, 4.69) is 61.4 Å². The monoisotopic (exact) mass is 288 g/mol. The standard InChI is InChI=1S/C17H21ClN2/c1-11(2)15(10-19-4)9-14-8-13-7-5-6-12(3)16(13)20-17(14)18/h5-9,11,19H,10H2,1-4H3. The Morgan fingerprint density at radius 1 is 1.40 bits per heavy atom. The summed E-state index contributed by atoms with van der Waals surface area (Å²) in [5.74, 6) is 0.478. The molecule has 1 heterocycles. The van der Waals surface area contributed by atoms with Crippen molar-refractivity contribution in [3.05, 3.63) is 46.1 Å². The van der Waals surface area contributed by atoms with Gasteiger partial charge in [-0.1, -0.05) is 55.3 Å². The molecule has 0 radical (unpaired) electrons. The van der Waals surface area contributed by atoms with Crippen molar-refractivity contribution in [1.82, 2.24) is 10.3 Å². The van der Waals surface area contributed by atoms with Crippen LogP contribution in [-0.4, -0.2) is 18.6 Å². The molecule has 3 heteroatoms. The van der Waals surface area contributed by atoms with E-state index in [1.807, 2.05) is 7.05 Å². The molecule has 0 unspecified atom stereocenters. The highest BCUT2D eigenvalue weighted by atomic mass is 35.5. The van der Waals surface area contributed by atoms with Crippen molar-refractivity contribution < 1.29 is 0 Å². The van der Waals surface area contributed by atoms with Gasteiger partial charge in [-0.05, 0) is 31.5 Å². The average molecular weight is 289 g/mol. The summed E-state index contributed by atoms with van der Waals surface area (Å²) in [6.45, 7) is 7.30. The van der Waals surface area contributed by atoms with Crippen molar-refractivity contribution in [2.24, 2.45) is 5.92 Å². The van der Waals surface area contributed by atoms with E-state index in [0.717, 1.165) is 28.6 Å². The summed E-state index contributed by atoms with van der Waals surface area (Å²) in [7, 11) is 1.96. The number of rotatable bonds is 4. The van der Waals surface area contributed by atoms with Gasteiger partial charge in [-0.25, -0.2) is 4.98 Å². The largest absolute Gasteiger partial charge is 0.316 e. The Labute approximate surface area is 125 Å². The molecule has 0 bridgehead atoms. The first-order valence-corrected chi connectivity index (χ1v) is 7.31. The van der Waals surface area contributed by atoms with Gasteiger partial charge in [0.15, 0.2) is 0 Å². The van der Waals surface area contributed by atoms with Crippen LogP contribution in [-0.2, 0) is 0 Å².